The minimum absolute atomic E-state index is 0.00332. The first-order valence-electron chi connectivity index (χ1n) is 14.8. The second-order valence-corrected chi connectivity index (χ2v) is 12.5. The molecule has 0 spiro atoms. The predicted molar refractivity (Wildman–Crippen MR) is 157 cm³/mol. The highest BCUT2D eigenvalue weighted by Crippen LogP contribution is 2.76. The number of fused-ring (bicyclic) bond motifs is 2. The van der Waals surface area contributed by atoms with Crippen molar-refractivity contribution in [3.05, 3.63) is 65.7 Å². The molecule has 0 radical (unpaired) electrons. The zero-order valence-electron chi connectivity index (χ0n) is 24.2. The maximum absolute atomic E-state index is 14.6. The lowest BCUT2D eigenvalue weighted by Gasteiger charge is -2.53. The van der Waals surface area contributed by atoms with E-state index < -0.39 is 22.5 Å². The molecule has 2 aromatic rings. The van der Waals surface area contributed by atoms with Crippen molar-refractivity contribution in [2.45, 2.75) is 70.6 Å². The van der Waals surface area contributed by atoms with Crippen molar-refractivity contribution in [1.29, 1.82) is 0 Å². The smallest absolute Gasteiger partial charge is 0.185 e. The molecular weight excluding hydrogens is 502 g/mol. The first-order valence-corrected chi connectivity index (χ1v) is 14.8. The van der Waals surface area contributed by atoms with Crippen LogP contribution in [0.25, 0.3) is 11.1 Å². The van der Waals surface area contributed by atoms with E-state index in [2.05, 4.69) is 31.0 Å². The lowest BCUT2D eigenvalue weighted by atomic mass is 9.50. The molecule has 3 saturated carbocycles. The zero-order chi connectivity index (χ0) is 28.7. The average Bonchev–Trinajstić information content (AvgIpc) is 3.32. The number of benzene rings is 2. The molecule has 2 aromatic carbocycles. The van der Waals surface area contributed by atoms with Crippen molar-refractivity contribution in [2.24, 2.45) is 28.6 Å². The van der Waals surface area contributed by atoms with Crippen molar-refractivity contribution >= 4 is 5.78 Å². The third kappa shape index (κ3) is 4.27. The van der Waals surface area contributed by atoms with Gasteiger partial charge >= 0.3 is 0 Å². The molecule has 3 fully saturated rings. The predicted octanol–water partition coefficient (Wildman–Crippen LogP) is 5.39. The Hall–Kier alpha value is -2.51. The van der Waals surface area contributed by atoms with Crippen molar-refractivity contribution in [3.8, 4) is 16.9 Å². The molecule has 216 valence electrons. The topological polar surface area (TPSA) is 99.0 Å². The molecule has 5 unspecified atom stereocenters. The molecule has 3 aliphatic carbocycles. The number of carbonyl (C=O) groups is 1. The van der Waals surface area contributed by atoms with E-state index in [-0.39, 0.29) is 36.4 Å². The summed E-state index contributed by atoms with van der Waals surface area (Å²) in [4.78, 5) is 14.6. The van der Waals surface area contributed by atoms with Crippen LogP contribution in [-0.2, 0) is 22.5 Å². The molecule has 6 nitrogen and oxygen atoms in total. The van der Waals surface area contributed by atoms with Gasteiger partial charge in [0, 0.05) is 38.0 Å². The van der Waals surface area contributed by atoms with Crippen LogP contribution in [-0.4, -0.2) is 47.7 Å². The lowest BCUT2D eigenvalue weighted by Crippen LogP contribution is -2.58. The van der Waals surface area contributed by atoms with E-state index in [1.165, 1.54) is 13.5 Å². The number of aliphatic hydroxyl groups is 2. The molecule has 0 aromatic heterocycles. The van der Waals surface area contributed by atoms with Gasteiger partial charge in [0.05, 0.1) is 5.41 Å². The van der Waals surface area contributed by atoms with Crippen LogP contribution in [0, 0.1) is 28.6 Å². The van der Waals surface area contributed by atoms with Gasteiger partial charge in [0.1, 0.15) is 11.5 Å². The van der Waals surface area contributed by atoms with E-state index in [1.54, 1.807) is 12.1 Å². The Morgan fingerprint density at radius 3 is 2.50 bits per heavy atom. The number of methoxy groups -OCH3 is 1. The van der Waals surface area contributed by atoms with Crippen LogP contribution in [0.4, 0.5) is 0 Å². The number of rotatable bonds is 10. The van der Waals surface area contributed by atoms with Gasteiger partial charge in [0.15, 0.2) is 5.79 Å². The highest BCUT2D eigenvalue weighted by molar-refractivity contribution is 5.90. The minimum atomic E-state index is -1.67. The van der Waals surface area contributed by atoms with Gasteiger partial charge in [-0.3, -0.25) is 4.79 Å². The number of phenolic OH excluding ortho intramolecular Hbond substituents is 1. The zero-order valence-corrected chi connectivity index (χ0v) is 24.2. The fourth-order valence-corrected chi connectivity index (χ4v) is 8.83. The molecule has 3 aliphatic rings. The van der Waals surface area contributed by atoms with Gasteiger partial charge in [-0.2, -0.15) is 0 Å². The van der Waals surface area contributed by atoms with Crippen molar-refractivity contribution in [3.63, 3.8) is 0 Å². The van der Waals surface area contributed by atoms with Gasteiger partial charge in [0.25, 0.3) is 0 Å². The first-order chi connectivity index (χ1) is 19.2. The largest absolute Gasteiger partial charge is 0.508 e. The maximum atomic E-state index is 14.6. The molecule has 4 N–H and O–H groups in total. The Morgan fingerprint density at radius 2 is 1.82 bits per heavy atom. The van der Waals surface area contributed by atoms with Crippen LogP contribution in [0.1, 0.15) is 63.0 Å². The molecule has 40 heavy (non-hydrogen) atoms. The monoisotopic (exact) mass is 547 g/mol. The Labute approximate surface area is 238 Å². The fourth-order valence-electron chi connectivity index (χ4n) is 8.83. The molecule has 6 heteroatoms. The van der Waals surface area contributed by atoms with Crippen LogP contribution in [0.5, 0.6) is 5.75 Å². The summed E-state index contributed by atoms with van der Waals surface area (Å²) in [7, 11) is 3.37. The molecular formula is C34H45NO5. The number of phenols is 1. The molecule has 5 rings (SSSR count). The normalized spacial score (nSPS) is 32.1. The molecule has 0 saturated heterocycles. The molecule has 0 heterocycles. The SMILES string of the molecule is C=C1C2C(CO)CC(C(=O)CCc3cccc(-c4cc(O)cc(CNC)c4)c3)(C2(O)OC)C1(C)C1CCCCC1. The van der Waals surface area contributed by atoms with Crippen LogP contribution in [0.2, 0.25) is 0 Å². The number of aryl methyl sites for hydroxylation is 1. The van der Waals surface area contributed by atoms with E-state index >= 15 is 0 Å². The third-order valence-corrected chi connectivity index (χ3v) is 10.7. The van der Waals surface area contributed by atoms with Gasteiger partial charge in [-0.05, 0) is 85.0 Å². The Kier molecular flexibility index (Phi) is 8.01. The second-order valence-electron chi connectivity index (χ2n) is 12.5. The standard InChI is InChI=1S/C34H45NO5/c1-22-31-27(21-36)19-33(34(31,39)40-4,32(22,2)28-11-6-5-7-12-28)30(38)14-13-23-9-8-10-25(15-23)26-16-24(20-35-3)17-29(37)18-26/h8-10,15-18,27-28,31,35-37,39H,1,5-7,11-14,19-21H2,2-4H3. The van der Waals surface area contributed by atoms with Crippen LogP contribution >= 0.6 is 0 Å². The fraction of sp³-hybridized carbons (Fsp3) is 0.559. The number of ketones is 1. The van der Waals surface area contributed by atoms with Gasteiger partial charge in [-0.25, -0.2) is 0 Å². The van der Waals surface area contributed by atoms with E-state index in [0.29, 0.717) is 19.4 Å². The summed E-state index contributed by atoms with van der Waals surface area (Å²) in [6.45, 7) is 7.19. The van der Waals surface area contributed by atoms with E-state index in [1.807, 2.05) is 25.2 Å². The van der Waals surface area contributed by atoms with E-state index in [0.717, 1.165) is 53.5 Å². The summed E-state index contributed by atoms with van der Waals surface area (Å²) in [5.74, 6) is -1.90. The summed E-state index contributed by atoms with van der Waals surface area (Å²) < 4.78 is 5.90. The highest BCUT2D eigenvalue weighted by Gasteiger charge is 2.81. The summed E-state index contributed by atoms with van der Waals surface area (Å²) in [6, 6.07) is 13.7. The molecule has 0 amide bonds. The van der Waals surface area contributed by atoms with Gasteiger partial charge in [-0.1, -0.05) is 62.6 Å². The van der Waals surface area contributed by atoms with Gasteiger partial charge < -0.3 is 25.4 Å². The van der Waals surface area contributed by atoms with Crippen LogP contribution < -0.4 is 5.32 Å². The molecule has 2 bridgehead atoms. The number of aliphatic hydroxyl groups excluding tert-OH is 1. The Morgan fingerprint density at radius 1 is 1.10 bits per heavy atom. The summed E-state index contributed by atoms with van der Waals surface area (Å²) in [5, 5.41) is 35.9. The average molecular weight is 548 g/mol. The minimum Gasteiger partial charge on any atom is -0.508 e. The quantitative estimate of drug-likeness (QED) is 0.235. The van der Waals surface area contributed by atoms with E-state index in [4.69, 9.17) is 4.74 Å². The maximum Gasteiger partial charge on any atom is 0.185 e. The summed E-state index contributed by atoms with van der Waals surface area (Å²) in [5.41, 5.74) is 3.07. The van der Waals surface area contributed by atoms with E-state index in [9.17, 15) is 20.1 Å². The number of aromatic hydroxyl groups is 1. The third-order valence-electron chi connectivity index (χ3n) is 10.7. The lowest BCUT2D eigenvalue weighted by molar-refractivity contribution is -0.259. The number of hydrogen-bond acceptors (Lipinski definition) is 6. The highest BCUT2D eigenvalue weighted by atomic mass is 16.6. The molecule has 0 aliphatic heterocycles. The van der Waals surface area contributed by atoms with Crippen LogP contribution in [0.15, 0.2) is 54.6 Å². The van der Waals surface area contributed by atoms with Gasteiger partial charge in [-0.15, -0.1) is 0 Å². The summed E-state index contributed by atoms with van der Waals surface area (Å²) >= 11 is 0. The number of Topliss-reactive ketones (excluding diaryl/α,β-unsaturated/α-hetero) is 1. The summed E-state index contributed by atoms with van der Waals surface area (Å²) in [6.07, 6.45) is 6.68. The Balaban J connectivity index is 1.46. The number of ether oxygens (including phenoxy) is 1. The Bertz CT molecular complexity index is 1270. The second kappa shape index (κ2) is 11.1. The number of hydrogen-bond donors (Lipinski definition) is 4. The number of carbonyl (C=O) groups excluding carboxylic acids is 1. The molecule has 5 atom stereocenters. The first kappa shape index (κ1) is 29.0. The number of nitrogens with one attached hydrogen (secondary N) is 1. The van der Waals surface area contributed by atoms with Gasteiger partial charge in [0.2, 0.25) is 0 Å². The van der Waals surface area contributed by atoms with Crippen LogP contribution in [0.3, 0.4) is 0 Å². The van der Waals surface area contributed by atoms with Crippen molar-refractivity contribution in [1.82, 2.24) is 5.32 Å². The van der Waals surface area contributed by atoms with Crippen molar-refractivity contribution in [2.75, 3.05) is 20.8 Å². The van der Waals surface area contributed by atoms with Crippen molar-refractivity contribution < 1.29 is 24.9 Å².